The largest absolute Gasteiger partial charge is 0.272 e. The molecule has 0 spiro atoms. The van der Waals surface area contributed by atoms with Crippen molar-refractivity contribution in [3.8, 4) is 0 Å². The van der Waals surface area contributed by atoms with E-state index in [9.17, 15) is 9.59 Å². The van der Waals surface area contributed by atoms with Crippen LogP contribution in [0.1, 0.15) is 116 Å². The van der Waals surface area contributed by atoms with Gasteiger partial charge in [-0.05, 0) is 156 Å². The topological polar surface area (TPSA) is 76.7 Å². The van der Waals surface area contributed by atoms with Crippen molar-refractivity contribution in [2.45, 2.75) is 127 Å². The third-order valence-electron chi connectivity index (χ3n) is 13.7. The Balaban J connectivity index is 0.886. The second kappa shape index (κ2) is 7.78. The summed E-state index contributed by atoms with van der Waals surface area (Å²) in [7, 11) is 0. The van der Waals surface area contributed by atoms with E-state index in [0.29, 0.717) is 11.8 Å². The molecule has 2 N–H and O–H groups in total. The summed E-state index contributed by atoms with van der Waals surface area (Å²) in [6.45, 7) is 0. The second-order valence-electron chi connectivity index (χ2n) is 16.8. The molecule has 0 aromatic carbocycles. The lowest BCUT2D eigenvalue weighted by Gasteiger charge is -2.60. The maximum Gasteiger partial charge on any atom is 0.249 e. The molecule has 6 nitrogen and oxygen atoms in total. The molecule has 12 aliphatic rings. The van der Waals surface area contributed by atoms with Crippen LogP contribution in [0.3, 0.4) is 0 Å². The first-order valence-corrected chi connectivity index (χ1v) is 16.3. The molecule has 0 aliphatic heterocycles. The molecule has 12 fully saturated rings. The predicted molar refractivity (Wildman–Crippen MR) is 140 cm³/mol. The first-order chi connectivity index (χ1) is 18.3. The molecule has 38 heavy (non-hydrogen) atoms. The van der Waals surface area contributed by atoms with Gasteiger partial charge < -0.3 is 0 Å². The fourth-order valence-electron chi connectivity index (χ4n) is 13.6. The number of hydroxylamine groups is 2. The van der Waals surface area contributed by atoms with Crippen LogP contribution in [0, 0.1) is 58.2 Å². The van der Waals surface area contributed by atoms with Gasteiger partial charge in [-0.3, -0.25) is 19.3 Å². The van der Waals surface area contributed by atoms with E-state index in [2.05, 4.69) is 11.0 Å². The monoisotopic (exact) mass is 522 g/mol. The van der Waals surface area contributed by atoms with E-state index in [1.165, 1.54) is 44.9 Å². The van der Waals surface area contributed by atoms with Crippen molar-refractivity contribution in [1.82, 2.24) is 11.0 Å². The normalized spacial score (nSPS) is 56.4. The Hall–Kier alpha value is -1.14. The van der Waals surface area contributed by atoms with Gasteiger partial charge in [0, 0.05) is 6.42 Å². The maximum absolute atomic E-state index is 13.7. The summed E-state index contributed by atoms with van der Waals surface area (Å²) < 4.78 is 0. The van der Waals surface area contributed by atoms with E-state index in [4.69, 9.17) is 9.68 Å². The molecule has 0 heterocycles. The molecule has 12 bridgehead atoms. The smallest absolute Gasteiger partial charge is 0.249 e. The summed E-state index contributed by atoms with van der Waals surface area (Å²) in [5.41, 5.74) is 5.13. The lowest BCUT2D eigenvalue weighted by atomic mass is 9.49. The van der Waals surface area contributed by atoms with E-state index in [0.717, 1.165) is 106 Å². The Kier molecular flexibility index (Phi) is 4.82. The number of carbonyl (C=O) groups is 2. The molecule has 12 rings (SSSR count). The van der Waals surface area contributed by atoms with Gasteiger partial charge >= 0.3 is 0 Å². The van der Waals surface area contributed by atoms with Gasteiger partial charge in [0.05, 0.1) is 22.0 Å². The highest BCUT2D eigenvalue weighted by Crippen LogP contribution is 2.63. The van der Waals surface area contributed by atoms with E-state index in [-0.39, 0.29) is 33.8 Å². The number of hydrogen-bond donors (Lipinski definition) is 2. The van der Waals surface area contributed by atoms with Crippen molar-refractivity contribution in [3.05, 3.63) is 0 Å². The molecule has 0 aromatic rings. The fraction of sp³-hybridized carbons (Fsp3) is 0.938. The molecular formula is C32H46N2O4. The van der Waals surface area contributed by atoms with Crippen LogP contribution in [0.5, 0.6) is 0 Å². The van der Waals surface area contributed by atoms with Crippen LogP contribution in [-0.2, 0) is 19.3 Å². The molecule has 2 amide bonds. The molecule has 0 atom stereocenters. The van der Waals surface area contributed by atoms with Crippen LogP contribution in [0.4, 0.5) is 0 Å². The summed E-state index contributed by atoms with van der Waals surface area (Å²) in [6, 6.07) is 0. The highest BCUT2D eigenvalue weighted by atomic mass is 16.7. The average molecular weight is 523 g/mol. The number of amides is 2. The minimum atomic E-state index is -0.340. The highest BCUT2D eigenvalue weighted by molar-refractivity contribution is 5.82. The van der Waals surface area contributed by atoms with Crippen molar-refractivity contribution in [3.63, 3.8) is 0 Å². The standard InChI is InChI=1S/C32H46N2O4/c35-27(29-8-19-1-20(9-29)3-21(2-19)10-29)33-37-31-14-25-7-26(15-31)17-32(16-25,18-31)38-34-28(36)30-11-22-4-23(12-30)6-24(5-22)13-30/h19-26H,1-18H2,(H,33,35)(H,34,36). The lowest BCUT2D eigenvalue weighted by Crippen LogP contribution is -2.64. The van der Waals surface area contributed by atoms with Crippen molar-refractivity contribution in [2.75, 3.05) is 0 Å². The highest BCUT2D eigenvalue weighted by Gasteiger charge is 2.62. The molecule has 12 aliphatic carbocycles. The van der Waals surface area contributed by atoms with Gasteiger partial charge in [-0.25, -0.2) is 11.0 Å². The Labute approximate surface area is 227 Å². The Morgan fingerprint density at radius 3 is 1.05 bits per heavy atom. The molecular weight excluding hydrogens is 476 g/mol. The van der Waals surface area contributed by atoms with Gasteiger partial charge in [-0.1, -0.05) is 0 Å². The summed E-state index contributed by atoms with van der Waals surface area (Å²) >= 11 is 0. The van der Waals surface area contributed by atoms with Gasteiger partial charge in [0.15, 0.2) is 0 Å². The SMILES string of the molecule is O=C(NOC12CC3CC(C1)CC(ONC(=O)C14CC5CC(CC(C5)C1)C4)(C3)C2)C12CC3CC(CC(C3)C1)C2. The summed E-state index contributed by atoms with van der Waals surface area (Å²) in [4.78, 5) is 40.4. The van der Waals surface area contributed by atoms with Crippen LogP contribution < -0.4 is 11.0 Å². The van der Waals surface area contributed by atoms with Gasteiger partial charge in [-0.2, -0.15) is 0 Å². The van der Waals surface area contributed by atoms with Crippen LogP contribution >= 0.6 is 0 Å². The zero-order valence-electron chi connectivity index (χ0n) is 23.0. The zero-order valence-corrected chi connectivity index (χ0v) is 23.0. The molecule has 0 aromatic heterocycles. The predicted octanol–water partition coefficient (Wildman–Crippen LogP) is 5.61. The molecule has 12 saturated carbocycles. The average Bonchev–Trinajstić information content (AvgIpc) is 2.83. The van der Waals surface area contributed by atoms with E-state index in [1.54, 1.807) is 0 Å². The van der Waals surface area contributed by atoms with Crippen molar-refractivity contribution in [2.24, 2.45) is 58.2 Å². The van der Waals surface area contributed by atoms with Crippen LogP contribution in [0.2, 0.25) is 0 Å². The Bertz CT molecular complexity index is 889. The number of hydrogen-bond acceptors (Lipinski definition) is 4. The third-order valence-corrected chi connectivity index (χ3v) is 13.7. The Morgan fingerprint density at radius 1 is 0.447 bits per heavy atom. The van der Waals surface area contributed by atoms with E-state index in [1.807, 2.05) is 0 Å². The number of nitrogens with one attached hydrogen (secondary N) is 2. The van der Waals surface area contributed by atoms with Crippen LogP contribution in [-0.4, -0.2) is 23.0 Å². The number of rotatable bonds is 6. The quantitative estimate of drug-likeness (QED) is 0.445. The van der Waals surface area contributed by atoms with E-state index >= 15 is 0 Å². The lowest BCUT2D eigenvalue weighted by molar-refractivity contribution is -0.270. The fourth-order valence-corrected chi connectivity index (χ4v) is 13.6. The minimum Gasteiger partial charge on any atom is -0.272 e. The molecule has 208 valence electrons. The van der Waals surface area contributed by atoms with Crippen LogP contribution in [0.25, 0.3) is 0 Å². The van der Waals surface area contributed by atoms with Crippen molar-refractivity contribution < 1.29 is 19.3 Å². The van der Waals surface area contributed by atoms with Gasteiger partial charge in [0.2, 0.25) is 11.8 Å². The van der Waals surface area contributed by atoms with E-state index < -0.39 is 0 Å². The second-order valence-corrected chi connectivity index (χ2v) is 16.8. The Morgan fingerprint density at radius 2 is 0.737 bits per heavy atom. The minimum absolute atomic E-state index is 0.164. The molecule has 0 unspecified atom stereocenters. The molecule has 0 radical (unpaired) electrons. The first kappa shape index (κ1) is 23.6. The van der Waals surface area contributed by atoms with Gasteiger partial charge in [0.25, 0.3) is 0 Å². The maximum atomic E-state index is 13.7. The summed E-state index contributed by atoms with van der Waals surface area (Å²) in [6.07, 6.45) is 20.5. The van der Waals surface area contributed by atoms with Crippen molar-refractivity contribution in [1.29, 1.82) is 0 Å². The number of carbonyl (C=O) groups excluding carboxylic acids is 2. The van der Waals surface area contributed by atoms with Crippen molar-refractivity contribution >= 4 is 11.8 Å². The van der Waals surface area contributed by atoms with Crippen LogP contribution in [0.15, 0.2) is 0 Å². The molecule has 6 heteroatoms. The summed E-state index contributed by atoms with van der Waals surface area (Å²) in [5.74, 6) is 5.95. The van der Waals surface area contributed by atoms with Gasteiger partial charge in [0.1, 0.15) is 0 Å². The first-order valence-electron chi connectivity index (χ1n) is 16.3. The zero-order chi connectivity index (χ0) is 25.3. The van der Waals surface area contributed by atoms with Gasteiger partial charge in [-0.15, -0.1) is 0 Å². The summed E-state index contributed by atoms with van der Waals surface area (Å²) in [5, 5.41) is 0. The third kappa shape index (κ3) is 3.50. The molecule has 0 saturated heterocycles.